The van der Waals surface area contributed by atoms with Gasteiger partial charge in [-0.25, -0.2) is 4.98 Å². The molecule has 0 radical (unpaired) electrons. The van der Waals surface area contributed by atoms with Crippen molar-refractivity contribution in [1.82, 2.24) is 14.9 Å². The van der Waals surface area contributed by atoms with Crippen LogP contribution in [0.4, 0.5) is 23.1 Å². The van der Waals surface area contributed by atoms with E-state index >= 15 is 0 Å². The summed E-state index contributed by atoms with van der Waals surface area (Å²) in [4.78, 5) is 26.0. The van der Waals surface area contributed by atoms with Crippen LogP contribution in [0.1, 0.15) is 5.69 Å². The van der Waals surface area contributed by atoms with Crippen LogP contribution in [0, 0.1) is 6.92 Å². The second-order valence-corrected chi connectivity index (χ2v) is 6.39. The highest BCUT2D eigenvalue weighted by Gasteiger charge is 2.18. The van der Waals surface area contributed by atoms with Crippen molar-refractivity contribution in [2.45, 2.75) is 6.92 Å². The first kappa shape index (κ1) is 17.0. The van der Waals surface area contributed by atoms with E-state index in [1.165, 1.54) is 0 Å². The van der Waals surface area contributed by atoms with Gasteiger partial charge in [0.25, 0.3) is 0 Å². The fourth-order valence-corrected chi connectivity index (χ4v) is 2.78. The van der Waals surface area contributed by atoms with Crippen molar-refractivity contribution in [2.24, 2.45) is 0 Å². The number of hydrogen-bond donors (Lipinski definition) is 1. The molecule has 1 fully saturated rings. The number of anilines is 4. The van der Waals surface area contributed by atoms with Gasteiger partial charge in [0, 0.05) is 63.4 Å². The third-order valence-corrected chi connectivity index (χ3v) is 4.24. The summed E-state index contributed by atoms with van der Waals surface area (Å²) in [5.74, 6) is 1.48. The molecule has 1 N–H and O–H groups in total. The summed E-state index contributed by atoms with van der Waals surface area (Å²) in [6, 6.07) is 10.1. The molecule has 3 rings (SSSR count). The Bertz CT molecular complexity index is 723. The van der Waals surface area contributed by atoms with Gasteiger partial charge in [-0.3, -0.25) is 4.79 Å². The smallest absolute Gasteiger partial charge is 0.227 e. The number of amides is 1. The predicted molar refractivity (Wildman–Crippen MR) is 101 cm³/mol. The topological polar surface area (TPSA) is 64.6 Å². The van der Waals surface area contributed by atoms with E-state index in [-0.39, 0.29) is 0 Å². The first-order chi connectivity index (χ1) is 12.0. The second-order valence-electron chi connectivity index (χ2n) is 6.39. The lowest BCUT2D eigenvalue weighted by atomic mass is 10.2. The molecule has 0 saturated carbocycles. The number of rotatable bonds is 5. The molecule has 2 heterocycles. The zero-order valence-electron chi connectivity index (χ0n) is 14.9. The first-order valence-electron chi connectivity index (χ1n) is 8.39. The maximum absolute atomic E-state index is 10.8. The van der Waals surface area contributed by atoms with Crippen molar-refractivity contribution in [3.8, 4) is 0 Å². The highest BCUT2D eigenvalue weighted by Crippen LogP contribution is 2.21. The average molecular weight is 340 g/mol. The van der Waals surface area contributed by atoms with E-state index in [2.05, 4.69) is 37.2 Å². The quantitative estimate of drug-likeness (QED) is 0.839. The van der Waals surface area contributed by atoms with Gasteiger partial charge in [-0.15, -0.1) is 0 Å². The summed E-state index contributed by atoms with van der Waals surface area (Å²) >= 11 is 0. The van der Waals surface area contributed by atoms with Crippen molar-refractivity contribution >= 4 is 29.6 Å². The molecule has 0 aliphatic carbocycles. The van der Waals surface area contributed by atoms with Gasteiger partial charge in [-0.05, 0) is 31.2 Å². The van der Waals surface area contributed by atoms with Gasteiger partial charge in [-0.1, -0.05) is 0 Å². The monoisotopic (exact) mass is 340 g/mol. The molecule has 1 aromatic heterocycles. The highest BCUT2D eigenvalue weighted by molar-refractivity contribution is 5.61. The summed E-state index contributed by atoms with van der Waals surface area (Å²) in [6.45, 7) is 4.87. The molecule has 1 amide bonds. The molecule has 0 unspecified atom stereocenters. The summed E-state index contributed by atoms with van der Waals surface area (Å²) in [5.41, 5.74) is 3.05. The molecule has 132 valence electrons. The van der Waals surface area contributed by atoms with E-state index in [4.69, 9.17) is 0 Å². The standard InChI is InChI=1S/C18H24N6O/c1-14-12-17(20-15-4-6-16(7-5-15)22(2)3)21-18(19-14)24-10-8-23(13-25)9-11-24/h4-7,12-13H,8-11H2,1-3H3,(H,19,20,21). The predicted octanol–water partition coefficient (Wildman–Crippen LogP) is 1.87. The van der Waals surface area contributed by atoms with Crippen molar-refractivity contribution in [2.75, 3.05) is 55.4 Å². The lowest BCUT2D eigenvalue weighted by Gasteiger charge is -2.32. The minimum atomic E-state index is 0.704. The molecule has 0 spiro atoms. The fourth-order valence-electron chi connectivity index (χ4n) is 2.78. The number of aryl methyl sites for hydroxylation is 1. The molecule has 1 aromatic carbocycles. The SMILES string of the molecule is Cc1cc(Nc2ccc(N(C)C)cc2)nc(N2CCN(C=O)CC2)n1. The molecule has 7 nitrogen and oxygen atoms in total. The number of nitrogens with zero attached hydrogens (tertiary/aromatic N) is 5. The van der Waals surface area contributed by atoms with E-state index in [1.807, 2.05) is 39.2 Å². The lowest BCUT2D eigenvalue weighted by Crippen LogP contribution is -2.46. The number of carbonyl (C=O) groups is 1. The third kappa shape index (κ3) is 4.17. The van der Waals surface area contributed by atoms with E-state index in [1.54, 1.807) is 4.90 Å². The Labute approximate surface area is 148 Å². The van der Waals surface area contributed by atoms with Crippen LogP contribution >= 0.6 is 0 Å². The summed E-state index contributed by atoms with van der Waals surface area (Å²) in [7, 11) is 4.04. The van der Waals surface area contributed by atoms with Crippen molar-refractivity contribution < 1.29 is 4.79 Å². The minimum Gasteiger partial charge on any atom is -0.378 e. The molecular weight excluding hydrogens is 316 g/mol. The zero-order chi connectivity index (χ0) is 17.8. The largest absolute Gasteiger partial charge is 0.378 e. The Hall–Kier alpha value is -2.83. The fraction of sp³-hybridized carbons (Fsp3) is 0.389. The minimum absolute atomic E-state index is 0.704. The Morgan fingerprint density at radius 3 is 2.36 bits per heavy atom. The van der Waals surface area contributed by atoms with Crippen LogP contribution in [-0.4, -0.2) is 61.6 Å². The Morgan fingerprint density at radius 1 is 1.08 bits per heavy atom. The van der Waals surface area contributed by atoms with Crippen LogP contribution in [-0.2, 0) is 4.79 Å². The normalized spacial score (nSPS) is 14.4. The Balaban J connectivity index is 1.74. The average Bonchev–Trinajstić information content (AvgIpc) is 2.62. The van der Waals surface area contributed by atoms with Gasteiger partial charge in [0.05, 0.1) is 0 Å². The van der Waals surface area contributed by atoms with Crippen molar-refractivity contribution in [1.29, 1.82) is 0 Å². The van der Waals surface area contributed by atoms with Crippen LogP contribution in [0.15, 0.2) is 30.3 Å². The molecule has 1 aliphatic rings. The summed E-state index contributed by atoms with van der Waals surface area (Å²) < 4.78 is 0. The Kier molecular flexibility index (Phi) is 5.02. The van der Waals surface area contributed by atoms with E-state index < -0.39 is 0 Å². The first-order valence-corrected chi connectivity index (χ1v) is 8.39. The van der Waals surface area contributed by atoms with Gasteiger partial charge < -0.3 is 20.0 Å². The summed E-state index contributed by atoms with van der Waals surface area (Å²) in [5, 5.41) is 3.35. The number of nitrogens with one attached hydrogen (secondary N) is 1. The Morgan fingerprint density at radius 2 is 1.76 bits per heavy atom. The molecule has 1 aliphatic heterocycles. The van der Waals surface area contributed by atoms with Crippen molar-refractivity contribution in [3.63, 3.8) is 0 Å². The van der Waals surface area contributed by atoms with Gasteiger partial charge in [-0.2, -0.15) is 4.98 Å². The van der Waals surface area contributed by atoms with E-state index in [0.29, 0.717) is 19.0 Å². The maximum Gasteiger partial charge on any atom is 0.227 e. The molecular formula is C18H24N6O. The van der Waals surface area contributed by atoms with Gasteiger partial charge in [0.1, 0.15) is 5.82 Å². The van der Waals surface area contributed by atoms with Crippen LogP contribution in [0.2, 0.25) is 0 Å². The van der Waals surface area contributed by atoms with Gasteiger partial charge in [0.15, 0.2) is 0 Å². The third-order valence-electron chi connectivity index (χ3n) is 4.24. The van der Waals surface area contributed by atoms with Crippen LogP contribution in [0.5, 0.6) is 0 Å². The van der Waals surface area contributed by atoms with Gasteiger partial charge >= 0.3 is 0 Å². The molecule has 2 aromatic rings. The van der Waals surface area contributed by atoms with E-state index in [9.17, 15) is 4.79 Å². The zero-order valence-corrected chi connectivity index (χ0v) is 14.9. The summed E-state index contributed by atoms with van der Waals surface area (Å²) in [6.07, 6.45) is 0.902. The maximum atomic E-state index is 10.8. The molecule has 0 bridgehead atoms. The molecule has 7 heteroatoms. The van der Waals surface area contributed by atoms with Crippen LogP contribution < -0.4 is 15.1 Å². The molecule has 1 saturated heterocycles. The van der Waals surface area contributed by atoms with Crippen molar-refractivity contribution in [3.05, 3.63) is 36.0 Å². The molecule has 25 heavy (non-hydrogen) atoms. The van der Waals surface area contributed by atoms with E-state index in [0.717, 1.165) is 42.4 Å². The number of hydrogen-bond acceptors (Lipinski definition) is 6. The highest BCUT2D eigenvalue weighted by atomic mass is 16.1. The van der Waals surface area contributed by atoms with Crippen LogP contribution in [0.3, 0.4) is 0 Å². The second kappa shape index (κ2) is 7.38. The molecule has 0 atom stereocenters. The van der Waals surface area contributed by atoms with Gasteiger partial charge in [0.2, 0.25) is 12.4 Å². The number of carbonyl (C=O) groups excluding carboxylic acids is 1. The number of aromatic nitrogens is 2. The lowest BCUT2D eigenvalue weighted by molar-refractivity contribution is -0.118. The van der Waals surface area contributed by atoms with Crippen LogP contribution in [0.25, 0.3) is 0 Å². The number of piperazine rings is 1. The number of benzene rings is 1.